The Hall–Kier alpha value is -5.22. The topological polar surface area (TPSA) is 102 Å². The van der Waals surface area contributed by atoms with Gasteiger partial charge in [-0.25, -0.2) is 9.97 Å². The number of rotatable bonds is 16. The maximum atomic E-state index is 13.1. The van der Waals surface area contributed by atoms with Gasteiger partial charge in [-0.05, 0) is 132 Å². The summed E-state index contributed by atoms with van der Waals surface area (Å²) in [6.07, 6.45) is 4.83. The van der Waals surface area contributed by atoms with Crippen LogP contribution in [-0.4, -0.2) is 45.1 Å². The smallest absolute Gasteiger partial charge is 0.263 e. The van der Waals surface area contributed by atoms with Crippen LogP contribution < -0.4 is 20.1 Å². The molecule has 0 bridgehead atoms. The predicted octanol–water partition coefficient (Wildman–Crippen LogP) is 11.9. The fraction of sp³-hybridized carbons (Fsp3) is 0.294. The zero-order chi connectivity index (χ0) is 44.9. The Bertz CT molecular complexity index is 2180. The van der Waals surface area contributed by atoms with E-state index in [0.717, 1.165) is 28.4 Å². The Morgan fingerprint density at radius 2 is 1.02 bits per heavy atom. The number of aryl methyl sites for hydroxylation is 1. The van der Waals surface area contributed by atoms with Crippen molar-refractivity contribution in [3.05, 3.63) is 188 Å². The Labute approximate surface area is 384 Å². The molecule has 6 aromatic rings. The van der Waals surface area contributed by atoms with Gasteiger partial charge in [-0.1, -0.05) is 117 Å². The van der Waals surface area contributed by atoms with E-state index in [0.29, 0.717) is 21.8 Å². The van der Waals surface area contributed by atoms with E-state index in [4.69, 9.17) is 32.7 Å². The summed E-state index contributed by atoms with van der Waals surface area (Å²) in [5.41, 5.74) is 3.72. The fourth-order valence-electron chi connectivity index (χ4n) is 6.95. The zero-order valence-corrected chi connectivity index (χ0v) is 39.3. The van der Waals surface area contributed by atoms with Gasteiger partial charge >= 0.3 is 0 Å². The molecule has 4 atom stereocenters. The summed E-state index contributed by atoms with van der Waals surface area (Å²) in [5.74, 6) is 0.622. The fourth-order valence-corrected chi connectivity index (χ4v) is 7.62. The molecule has 0 aliphatic rings. The van der Waals surface area contributed by atoms with Gasteiger partial charge in [-0.2, -0.15) is 0 Å². The Morgan fingerprint density at radius 1 is 0.597 bits per heavy atom. The van der Waals surface area contributed by atoms with Crippen LogP contribution in [-0.2, 0) is 22.4 Å². The Balaban J connectivity index is 0.000000234. The molecule has 0 radical (unpaired) electrons. The van der Waals surface area contributed by atoms with Crippen LogP contribution in [0, 0.1) is 6.92 Å². The molecule has 11 heteroatoms. The lowest BCUT2D eigenvalue weighted by atomic mass is 9.85. The third-order valence-corrected chi connectivity index (χ3v) is 11.5. The van der Waals surface area contributed by atoms with E-state index in [2.05, 4.69) is 79.9 Å². The van der Waals surface area contributed by atoms with Gasteiger partial charge in [0.05, 0.1) is 0 Å². The highest BCUT2D eigenvalue weighted by atomic mass is 79.9. The summed E-state index contributed by atoms with van der Waals surface area (Å²) in [6, 6.07) is 42.8. The molecule has 0 aliphatic carbocycles. The molecule has 4 unspecified atom stereocenters. The SMILES string of the molecule is CC(NC(=O)C(C)(C)Oc1ccccn1)C(Cc1ccc(Cl)cc1)c1cccc(Br)c1.Cc1cccc(C(Cc2ccc(Cl)cc2)C(C)NC(=O)C(C)(C)Oc2ccccn2)c1. The molecule has 8 nitrogen and oxygen atoms in total. The van der Waals surface area contributed by atoms with E-state index in [1.54, 1.807) is 58.3 Å². The molecule has 0 fully saturated rings. The first-order valence-electron chi connectivity index (χ1n) is 20.6. The van der Waals surface area contributed by atoms with E-state index < -0.39 is 11.2 Å². The second-order valence-electron chi connectivity index (χ2n) is 16.4. The van der Waals surface area contributed by atoms with Gasteiger partial charge in [0.15, 0.2) is 11.2 Å². The molecular weight excluding hydrogens is 883 g/mol. The number of halogens is 3. The standard InChI is InChI=1S/C26H29ClN2O2.C25H26BrClN2O2/c1-18-8-7-9-21(16-18)23(17-20-11-13-22(27)14-12-20)19(2)29-25(30)26(3,4)31-24-10-5-6-15-28-24;1-17(29-24(30)25(2,3)31-23-9-4-5-14-28-23)22(19-7-6-8-20(26)16-19)15-18-10-12-21(27)13-11-18/h5-16,19,23H,17H2,1-4H3,(H,29,30);4-14,16-17,22H,15H2,1-3H3,(H,29,30). The summed E-state index contributed by atoms with van der Waals surface area (Å²) < 4.78 is 12.7. The van der Waals surface area contributed by atoms with E-state index in [1.807, 2.05) is 92.7 Å². The van der Waals surface area contributed by atoms with Gasteiger partial charge in [0.25, 0.3) is 11.8 Å². The van der Waals surface area contributed by atoms with Crippen molar-refractivity contribution in [2.75, 3.05) is 0 Å². The van der Waals surface area contributed by atoms with Crippen molar-refractivity contribution >= 4 is 50.9 Å². The summed E-state index contributed by atoms with van der Waals surface area (Å²) in [7, 11) is 0. The molecule has 6 rings (SSSR count). The third kappa shape index (κ3) is 14.4. The minimum absolute atomic E-state index is 0.0632. The van der Waals surface area contributed by atoms with Crippen LogP contribution in [0.25, 0.3) is 0 Å². The first kappa shape index (κ1) is 47.8. The van der Waals surface area contributed by atoms with Crippen molar-refractivity contribution in [2.24, 2.45) is 0 Å². The molecule has 0 saturated carbocycles. The van der Waals surface area contributed by atoms with Gasteiger partial charge in [-0.3, -0.25) is 9.59 Å². The molecule has 2 aromatic heterocycles. The maximum absolute atomic E-state index is 13.1. The van der Waals surface area contributed by atoms with Gasteiger partial charge in [0, 0.05) is 63.0 Å². The van der Waals surface area contributed by atoms with Crippen LogP contribution in [0.5, 0.6) is 11.8 Å². The highest BCUT2D eigenvalue weighted by Crippen LogP contribution is 2.30. The molecule has 0 spiro atoms. The van der Waals surface area contributed by atoms with Crippen LogP contribution in [0.1, 0.15) is 81.2 Å². The van der Waals surface area contributed by atoms with Gasteiger partial charge in [0.1, 0.15) is 0 Å². The zero-order valence-electron chi connectivity index (χ0n) is 36.2. The van der Waals surface area contributed by atoms with Crippen LogP contribution in [0.4, 0.5) is 0 Å². The molecule has 2 N–H and O–H groups in total. The molecule has 4 aromatic carbocycles. The molecule has 324 valence electrons. The Morgan fingerprint density at radius 3 is 1.40 bits per heavy atom. The maximum Gasteiger partial charge on any atom is 0.263 e. The number of hydrogen-bond acceptors (Lipinski definition) is 6. The van der Waals surface area contributed by atoms with Crippen LogP contribution in [0.3, 0.4) is 0 Å². The van der Waals surface area contributed by atoms with Gasteiger partial charge in [0.2, 0.25) is 11.8 Å². The monoisotopic (exact) mass is 936 g/mol. The summed E-state index contributed by atoms with van der Waals surface area (Å²) in [5, 5.41) is 7.75. The molecular formula is C51H55BrCl2N4O4. The minimum Gasteiger partial charge on any atom is -0.462 e. The van der Waals surface area contributed by atoms with Crippen LogP contribution in [0.2, 0.25) is 10.0 Å². The number of carbonyl (C=O) groups is 2. The number of ether oxygens (including phenoxy) is 2. The van der Waals surface area contributed by atoms with E-state index >= 15 is 0 Å². The lowest BCUT2D eigenvalue weighted by Crippen LogP contribution is -2.51. The van der Waals surface area contributed by atoms with Crippen LogP contribution >= 0.6 is 39.1 Å². The number of carbonyl (C=O) groups excluding carboxylic acids is 2. The number of hydrogen-bond donors (Lipinski definition) is 2. The molecule has 62 heavy (non-hydrogen) atoms. The second kappa shape index (κ2) is 22.2. The summed E-state index contributed by atoms with van der Waals surface area (Å²) >= 11 is 15.7. The summed E-state index contributed by atoms with van der Waals surface area (Å²) in [6.45, 7) is 13.1. The van der Waals surface area contributed by atoms with Crippen LogP contribution in [0.15, 0.2) is 150 Å². The molecule has 2 amide bonds. The quantitative estimate of drug-likeness (QED) is 0.100. The Kier molecular flexibility index (Phi) is 17.1. The second-order valence-corrected chi connectivity index (χ2v) is 18.2. The molecule has 2 heterocycles. The van der Waals surface area contributed by atoms with Crippen molar-refractivity contribution in [3.63, 3.8) is 0 Å². The minimum atomic E-state index is -1.06. The summed E-state index contributed by atoms with van der Waals surface area (Å²) in [4.78, 5) is 34.5. The van der Waals surface area contributed by atoms with Gasteiger partial charge < -0.3 is 20.1 Å². The van der Waals surface area contributed by atoms with Crippen molar-refractivity contribution < 1.29 is 19.1 Å². The third-order valence-electron chi connectivity index (χ3n) is 10.5. The number of amides is 2. The highest BCUT2D eigenvalue weighted by Gasteiger charge is 2.34. The lowest BCUT2D eigenvalue weighted by Gasteiger charge is -2.30. The molecule has 0 saturated heterocycles. The predicted molar refractivity (Wildman–Crippen MR) is 254 cm³/mol. The number of nitrogens with zero attached hydrogens (tertiary/aromatic N) is 2. The van der Waals surface area contributed by atoms with Crippen molar-refractivity contribution in [3.8, 4) is 11.8 Å². The average molecular weight is 939 g/mol. The van der Waals surface area contributed by atoms with Crippen molar-refractivity contribution in [1.29, 1.82) is 0 Å². The van der Waals surface area contributed by atoms with Crippen molar-refractivity contribution in [1.82, 2.24) is 20.6 Å². The number of benzene rings is 4. The van der Waals surface area contributed by atoms with Crippen molar-refractivity contribution in [2.45, 2.75) is 96.4 Å². The van der Waals surface area contributed by atoms with E-state index in [9.17, 15) is 9.59 Å². The van der Waals surface area contributed by atoms with Gasteiger partial charge in [-0.15, -0.1) is 0 Å². The van der Waals surface area contributed by atoms with E-state index in [-0.39, 0.29) is 35.7 Å². The molecule has 0 aliphatic heterocycles. The number of aromatic nitrogens is 2. The normalized spacial score (nSPS) is 13.3. The van der Waals surface area contributed by atoms with E-state index in [1.165, 1.54) is 16.7 Å². The lowest BCUT2D eigenvalue weighted by molar-refractivity contribution is -0.135. The largest absolute Gasteiger partial charge is 0.462 e. The number of pyridine rings is 2. The average Bonchev–Trinajstić information content (AvgIpc) is 3.23. The highest BCUT2D eigenvalue weighted by molar-refractivity contribution is 9.10. The first-order valence-corrected chi connectivity index (χ1v) is 22.2. The first-order chi connectivity index (χ1) is 29.5. The number of nitrogens with one attached hydrogen (secondary N) is 2.